The lowest BCUT2D eigenvalue weighted by molar-refractivity contribution is -0.133. The molecule has 3 atom stereocenters. The van der Waals surface area contributed by atoms with Crippen molar-refractivity contribution in [3.05, 3.63) is 137 Å². The Balaban J connectivity index is 1.39. The number of amides is 5. The molecule has 1 aliphatic heterocycles. The van der Waals surface area contributed by atoms with E-state index in [1.165, 1.54) is 11.1 Å². The Morgan fingerprint density at radius 2 is 1.42 bits per heavy atom. The number of aromatic amines is 1. The van der Waals surface area contributed by atoms with E-state index < -0.39 is 71.3 Å². The van der Waals surface area contributed by atoms with E-state index in [4.69, 9.17) is 4.74 Å². The van der Waals surface area contributed by atoms with E-state index in [-0.39, 0.29) is 24.6 Å². The number of alkyl carbamates (subject to hydrolysis) is 1. The van der Waals surface area contributed by atoms with Crippen LogP contribution in [-0.2, 0) is 42.4 Å². The molecule has 0 saturated heterocycles. The predicted molar refractivity (Wildman–Crippen MR) is 217 cm³/mol. The molecule has 59 heavy (non-hydrogen) atoms. The number of tetrazole rings is 1. The number of carbonyl (C=O) groups is 5. The van der Waals surface area contributed by atoms with E-state index in [1.54, 1.807) is 46.8 Å². The van der Waals surface area contributed by atoms with E-state index in [9.17, 15) is 19.2 Å². The molecule has 0 saturated carbocycles. The van der Waals surface area contributed by atoms with Crippen LogP contribution >= 0.6 is 0 Å². The Morgan fingerprint density at radius 3 is 1.95 bits per heavy atom. The number of nitrogens with zero attached hydrogens (tertiary/aromatic N) is 5. The predicted octanol–water partition coefficient (Wildman–Crippen LogP) is 3.70. The van der Waals surface area contributed by atoms with Gasteiger partial charge in [-0.1, -0.05) is 116 Å². The van der Waals surface area contributed by atoms with Crippen LogP contribution in [0.4, 0.5) is 10.6 Å². The van der Waals surface area contributed by atoms with Gasteiger partial charge in [-0.2, -0.15) is 5.21 Å². The quantitative estimate of drug-likeness (QED) is 0.103. The van der Waals surface area contributed by atoms with Gasteiger partial charge in [0.05, 0.1) is 13.0 Å². The van der Waals surface area contributed by atoms with Gasteiger partial charge in [0.1, 0.15) is 35.1 Å². The number of nitrogens with one attached hydrogen (secondary N) is 5. The number of hydrogen-bond donors (Lipinski definition) is 5. The molecule has 6 rings (SSSR count). The highest BCUT2D eigenvalue weighted by Gasteiger charge is 2.45. The molecule has 0 fully saturated rings. The van der Waals surface area contributed by atoms with Crippen molar-refractivity contribution in [2.45, 2.75) is 83.3 Å². The van der Waals surface area contributed by atoms with Crippen LogP contribution in [0, 0.1) is 5.92 Å². The number of fused-ring (bicyclic) bond motifs is 1. The van der Waals surface area contributed by atoms with Gasteiger partial charge in [0.2, 0.25) is 17.7 Å². The number of aromatic nitrogens is 5. The molecule has 0 aliphatic carbocycles. The number of anilines is 1. The van der Waals surface area contributed by atoms with Gasteiger partial charge in [0.25, 0.3) is 5.91 Å². The highest BCUT2D eigenvalue weighted by Crippen LogP contribution is 2.37. The molecule has 5 N–H and O–H groups in total. The second-order valence-corrected chi connectivity index (χ2v) is 15.5. The molecule has 1 aliphatic rings. The number of hydrogen-bond acceptors (Lipinski definition) is 10. The monoisotopic (exact) mass is 800 g/mol. The molecule has 0 unspecified atom stereocenters. The van der Waals surface area contributed by atoms with Crippen molar-refractivity contribution in [1.29, 1.82) is 0 Å². The van der Waals surface area contributed by atoms with Crippen molar-refractivity contribution in [3.63, 3.8) is 0 Å². The SMILES string of the molecule is CC(C)[C@H](NC(=O)OC(C)(C)C)C(=O)N[C@@H](CC(=O)NC(c1ccccc1)(c1ccccc1)c1ccccc1)C(=O)N1c2ncccc2C[C@H]1C(=O)NCc1nn[nH]n1. The molecule has 0 radical (unpaired) electrons. The van der Waals surface area contributed by atoms with Crippen molar-refractivity contribution in [2.24, 2.45) is 5.92 Å². The van der Waals surface area contributed by atoms with Gasteiger partial charge in [0.15, 0.2) is 5.82 Å². The summed E-state index contributed by atoms with van der Waals surface area (Å²) < 4.78 is 5.44. The molecule has 3 aromatic carbocycles. The minimum atomic E-state index is -1.55. The molecular weight excluding hydrogens is 753 g/mol. The zero-order valence-electron chi connectivity index (χ0n) is 33.5. The Morgan fingerprint density at radius 1 is 0.831 bits per heavy atom. The van der Waals surface area contributed by atoms with Crippen LogP contribution < -0.4 is 26.2 Å². The summed E-state index contributed by atoms with van der Waals surface area (Å²) in [5.74, 6) is -2.68. The summed E-state index contributed by atoms with van der Waals surface area (Å²) in [5, 5.41) is 25.0. The summed E-state index contributed by atoms with van der Waals surface area (Å²) in [6.45, 7) is 8.46. The highest BCUT2D eigenvalue weighted by atomic mass is 16.6. The number of carbonyl (C=O) groups excluding carboxylic acids is 5. The molecule has 5 aromatic rings. The summed E-state index contributed by atoms with van der Waals surface area (Å²) in [5.41, 5.74) is 0.756. The topological polar surface area (TPSA) is 213 Å². The first kappa shape index (κ1) is 41.7. The third-order valence-corrected chi connectivity index (χ3v) is 9.74. The van der Waals surface area contributed by atoms with Crippen molar-refractivity contribution >= 4 is 35.5 Å². The number of pyridine rings is 1. The van der Waals surface area contributed by atoms with Crippen LogP contribution in [0.2, 0.25) is 0 Å². The van der Waals surface area contributed by atoms with E-state index in [0.717, 1.165) is 16.7 Å². The maximum Gasteiger partial charge on any atom is 0.408 e. The second kappa shape index (κ2) is 18.1. The number of rotatable bonds is 14. The second-order valence-electron chi connectivity index (χ2n) is 15.5. The molecule has 3 heterocycles. The Bertz CT molecular complexity index is 2130. The molecule has 0 spiro atoms. The normalized spacial score (nSPS) is 14.7. The van der Waals surface area contributed by atoms with Gasteiger partial charge in [-0.3, -0.25) is 24.1 Å². The van der Waals surface area contributed by atoms with E-state index in [2.05, 4.69) is 46.9 Å². The largest absolute Gasteiger partial charge is 0.444 e. The van der Waals surface area contributed by atoms with Crippen LogP contribution in [0.1, 0.15) is 69.1 Å². The molecule has 5 amide bonds. The van der Waals surface area contributed by atoms with Crippen molar-refractivity contribution in [1.82, 2.24) is 46.9 Å². The third-order valence-electron chi connectivity index (χ3n) is 9.74. The average Bonchev–Trinajstić information content (AvgIpc) is 3.89. The van der Waals surface area contributed by atoms with Gasteiger partial charge in [-0.15, -0.1) is 10.2 Å². The Kier molecular flexibility index (Phi) is 12.8. The van der Waals surface area contributed by atoms with E-state index >= 15 is 4.79 Å². The molecule has 16 nitrogen and oxygen atoms in total. The molecule has 306 valence electrons. The zero-order chi connectivity index (χ0) is 42.2. The summed E-state index contributed by atoms with van der Waals surface area (Å²) in [4.78, 5) is 76.5. The Labute approximate surface area is 341 Å². The highest BCUT2D eigenvalue weighted by molar-refractivity contribution is 6.07. The maximum atomic E-state index is 15.1. The maximum absolute atomic E-state index is 15.1. The smallest absolute Gasteiger partial charge is 0.408 e. The summed E-state index contributed by atoms with van der Waals surface area (Å²) in [7, 11) is 0. The van der Waals surface area contributed by atoms with Gasteiger partial charge in [-0.25, -0.2) is 9.78 Å². The fourth-order valence-corrected chi connectivity index (χ4v) is 7.09. The minimum absolute atomic E-state index is 0.0762. The number of benzene rings is 3. The van der Waals surface area contributed by atoms with Crippen molar-refractivity contribution in [2.75, 3.05) is 4.90 Å². The Hall–Kier alpha value is -6.97. The van der Waals surface area contributed by atoms with E-state index in [1.807, 2.05) is 91.0 Å². The first-order valence-electron chi connectivity index (χ1n) is 19.3. The van der Waals surface area contributed by atoms with Crippen LogP contribution in [-0.4, -0.2) is 79.1 Å². The van der Waals surface area contributed by atoms with E-state index in [0.29, 0.717) is 5.56 Å². The van der Waals surface area contributed by atoms with Crippen LogP contribution in [0.5, 0.6) is 0 Å². The molecular formula is C43H48N10O6. The van der Waals surface area contributed by atoms with Crippen molar-refractivity contribution in [3.8, 4) is 0 Å². The lowest BCUT2D eigenvalue weighted by Crippen LogP contribution is -2.60. The van der Waals surface area contributed by atoms with Gasteiger partial charge in [0, 0.05) is 12.6 Å². The minimum Gasteiger partial charge on any atom is -0.444 e. The van der Waals surface area contributed by atoms with Gasteiger partial charge in [-0.05, 0) is 55.0 Å². The fourth-order valence-electron chi connectivity index (χ4n) is 7.09. The van der Waals surface area contributed by atoms with Gasteiger partial charge < -0.3 is 26.0 Å². The first-order chi connectivity index (χ1) is 28.3. The molecule has 16 heteroatoms. The summed E-state index contributed by atoms with van der Waals surface area (Å²) in [6.07, 6.45) is 0.202. The molecule has 2 aromatic heterocycles. The average molecular weight is 801 g/mol. The van der Waals surface area contributed by atoms with Gasteiger partial charge >= 0.3 is 6.09 Å². The summed E-state index contributed by atoms with van der Waals surface area (Å²) in [6, 6.07) is 27.9. The third kappa shape index (κ3) is 9.77. The lowest BCUT2D eigenvalue weighted by atomic mass is 9.77. The fraction of sp³-hybridized carbons (Fsp3) is 0.326. The standard InChI is InChI=1S/C43H48N10O6/c1-27(2)36(47-41(58)59-42(3,4)5)39(56)46-32(40(57)53-33(24-28-16-15-23-44-37(28)53)38(55)45-26-34-49-51-52-50-34)25-35(54)48-43(29-17-9-6-10-18-29,30-19-11-7-12-20-30)31-21-13-8-14-22-31/h6-23,27,32-33,36H,24-26H2,1-5H3,(H,45,55)(H,46,56)(H,47,58)(H,48,54)(H,49,50,51,52)/t32-,33-,36-/m0/s1. The van der Waals surface area contributed by atoms with Crippen LogP contribution in [0.15, 0.2) is 109 Å². The lowest BCUT2D eigenvalue weighted by Gasteiger charge is -2.37. The summed E-state index contributed by atoms with van der Waals surface area (Å²) >= 11 is 0. The first-order valence-corrected chi connectivity index (χ1v) is 19.3. The number of H-pyrrole nitrogens is 1. The zero-order valence-corrected chi connectivity index (χ0v) is 33.5. The number of ether oxygens (including phenoxy) is 1. The molecule has 0 bridgehead atoms. The van der Waals surface area contributed by atoms with Crippen molar-refractivity contribution < 1.29 is 28.7 Å². The van der Waals surface area contributed by atoms with Crippen LogP contribution in [0.3, 0.4) is 0 Å². The van der Waals surface area contributed by atoms with Crippen LogP contribution in [0.25, 0.3) is 0 Å².